The summed E-state index contributed by atoms with van der Waals surface area (Å²) in [7, 11) is 0. The van der Waals surface area contributed by atoms with Crippen LogP contribution in [0.15, 0.2) is 42.9 Å². The molecule has 1 aliphatic heterocycles. The number of aromatic nitrogens is 3. The minimum Gasteiger partial charge on any atom is -0.491 e. The molecule has 0 aliphatic carbocycles. The van der Waals surface area contributed by atoms with Crippen molar-refractivity contribution in [1.29, 1.82) is 0 Å². The van der Waals surface area contributed by atoms with Crippen LogP contribution in [0.2, 0.25) is 0 Å². The first kappa shape index (κ1) is 18.2. The Bertz CT molecular complexity index is 954. The molecule has 4 rings (SSSR count). The summed E-state index contributed by atoms with van der Waals surface area (Å²) < 4.78 is 7.60. The fourth-order valence-corrected chi connectivity index (χ4v) is 3.36. The Morgan fingerprint density at radius 3 is 3.11 bits per heavy atom. The molecule has 0 saturated carbocycles. The summed E-state index contributed by atoms with van der Waals surface area (Å²) in [5.74, 6) is 1.37. The first-order valence-electron chi connectivity index (χ1n) is 9.38. The lowest BCUT2D eigenvalue weighted by Gasteiger charge is -2.24. The van der Waals surface area contributed by atoms with E-state index in [2.05, 4.69) is 15.3 Å². The van der Waals surface area contributed by atoms with E-state index in [1.165, 1.54) is 0 Å². The Kier molecular flexibility index (Phi) is 5.12. The number of benzene rings is 1. The van der Waals surface area contributed by atoms with Gasteiger partial charge in [-0.1, -0.05) is 13.0 Å². The summed E-state index contributed by atoms with van der Waals surface area (Å²) in [6, 6.07) is 7.03. The van der Waals surface area contributed by atoms with E-state index in [4.69, 9.17) is 4.74 Å². The van der Waals surface area contributed by atoms with Crippen molar-refractivity contribution in [2.24, 2.45) is 0 Å². The lowest BCUT2D eigenvalue weighted by atomic mass is 10.1. The van der Waals surface area contributed by atoms with Crippen molar-refractivity contribution < 1.29 is 14.6 Å². The van der Waals surface area contributed by atoms with Gasteiger partial charge in [0.15, 0.2) is 0 Å². The van der Waals surface area contributed by atoms with E-state index >= 15 is 0 Å². The van der Waals surface area contributed by atoms with E-state index in [9.17, 15) is 9.90 Å². The Balaban J connectivity index is 1.51. The van der Waals surface area contributed by atoms with Crippen LogP contribution in [0.3, 0.4) is 0 Å². The summed E-state index contributed by atoms with van der Waals surface area (Å²) in [5.41, 5.74) is 2.47. The van der Waals surface area contributed by atoms with Gasteiger partial charge in [-0.05, 0) is 30.2 Å². The molecule has 146 valence electrons. The molecular formula is C20H23N5O3. The number of nitrogens with zero attached hydrogens (tertiary/aromatic N) is 4. The monoisotopic (exact) mass is 381 g/mol. The first-order chi connectivity index (χ1) is 13.7. The number of urea groups is 1. The van der Waals surface area contributed by atoms with Crippen LogP contribution in [0.1, 0.15) is 36.2 Å². The molecule has 1 aromatic carbocycles. The summed E-state index contributed by atoms with van der Waals surface area (Å²) in [5, 5.41) is 12.5. The van der Waals surface area contributed by atoms with Crippen molar-refractivity contribution >= 4 is 11.8 Å². The van der Waals surface area contributed by atoms with Gasteiger partial charge in [0, 0.05) is 24.2 Å². The Hall–Kier alpha value is -3.13. The number of hydrogen-bond acceptors (Lipinski definition) is 5. The number of ether oxygens (including phenoxy) is 1. The fraction of sp³-hybridized carbons (Fsp3) is 0.350. The summed E-state index contributed by atoms with van der Waals surface area (Å²) in [6.45, 7) is 3.31. The number of aliphatic hydroxyl groups is 1. The smallest absolute Gasteiger partial charge is 0.318 e. The maximum atomic E-state index is 12.9. The van der Waals surface area contributed by atoms with Crippen molar-refractivity contribution in [3.05, 3.63) is 59.7 Å². The molecule has 8 nitrogen and oxygen atoms in total. The van der Waals surface area contributed by atoms with Crippen LogP contribution in [0.25, 0.3) is 5.78 Å². The van der Waals surface area contributed by atoms with E-state index in [1.54, 1.807) is 11.1 Å². The van der Waals surface area contributed by atoms with Gasteiger partial charge in [0.2, 0.25) is 5.78 Å². The topological polar surface area (TPSA) is 92.0 Å². The molecule has 2 N–H and O–H groups in total. The second kappa shape index (κ2) is 7.85. The van der Waals surface area contributed by atoms with Crippen molar-refractivity contribution in [2.45, 2.75) is 32.5 Å². The highest BCUT2D eigenvalue weighted by Crippen LogP contribution is 2.25. The predicted octanol–water partition coefficient (Wildman–Crippen LogP) is 2.28. The third-order valence-electron chi connectivity index (χ3n) is 4.89. The molecule has 3 heterocycles. The van der Waals surface area contributed by atoms with Gasteiger partial charge in [-0.15, -0.1) is 0 Å². The molecule has 0 radical (unpaired) electrons. The van der Waals surface area contributed by atoms with E-state index < -0.39 is 0 Å². The Morgan fingerprint density at radius 2 is 2.32 bits per heavy atom. The highest BCUT2D eigenvalue weighted by atomic mass is 16.5. The second-order valence-electron chi connectivity index (χ2n) is 6.77. The van der Waals surface area contributed by atoms with Crippen LogP contribution in [0.5, 0.6) is 5.75 Å². The van der Waals surface area contributed by atoms with E-state index in [0.717, 1.165) is 22.6 Å². The molecule has 0 saturated heterocycles. The van der Waals surface area contributed by atoms with Crippen LogP contribution < -0.4 is 10.1 Å². The number of nitrogens with one attached hydrogen (secondary N) is 1. The van der Waals surface area contributed by atoms with Crippen LogP contribution in [0.4, 0.5) is 4.79 Å². The SMILES string of the molecule is CCC(NC(=O)N1CCOc2ccc(CO)cc2C1)c1cn2cccnc2n1. The van der Waals surface area contributed by atoms with Gasteiger partial charge < -0.3 is 20.1 Å². The summed E-state index contributed by atoms with van der Waals surface area (Å²) in [4.78, 5) is 23.4. The zero-order chi connectivity index (χ0) is 19.5. The molecule has 0 spiro atoms. The highest BCUT2D eigenvalue weighted by Gasteiger charge is 2.23. The standard InChI is InChI=1S/C20H23N5O3/c1-2-16(17-12-24-7-3-6-21-19(24)22-17)23-20(27)25-8-9-28-18-5-4-14(13-26)10-15(18)11-25/h3-7,10,12,16,26H,2,8-9,11,13H2,1H3,(H,23,27). The third-order valence-corrected chi connectivity index (χ3v) is 4.89. The van der Waals surface area contributed by atoms with Crippen molar-refractivity contribution in [3.63, 3.8) is 0 Å². The maximum Gasteiger partial charge on any atom is 0.318 e. The largest absolute Gasteiger partial charge is 0.491 e. The van der Waals surface area contributed by atoms with Gasteiger partial charge >= 0.3 is 6.03 Å². The molecule has 0 bridgehead atoms. The van der Waals surface area contributed by atoms with Crippen LogP contribution >= 0.6 is 0 Å². The molecule has 3 aromatic rings. The third kappa shape index (κ3) is 3.63. The lowest BCUT2D eigenvalue weighted by molar-refractivity contribution is 0.183. The number of amides is 2. The molecule has 1 atom stereocenters. The van der Waals surface area contributed by atoms with Gasteiger partial charge in [-0.3, -0.25) is 4.40 Å². The highest BCUT2D eigenvalue weighted by molar-refractivity contribution is 5.75. The first-order valence-corrected chi connectivity index (χ1v) is 9.38. The number of aliphatic hydroxyl groups excluding tert-OH is 1. The number of carbonyl (C=O) groups excluding carboxylic acids is 1. The molecule has 28 heavy (non-hydrogen) atoms. The van der Waals surface area contributed by atoms with Crippen molar-refractivity contribution in [3.8, 4) is 5.75 Å². The maximum absolute atomic E-state index is 12.9. The van der Waals surface area contributed by atoms with Crippen LogP contribution in [-0.4, -0.2) is 43.6 Å². The second-order valence-corrected chi connectivity index (χ2v) is 6.77. The van der Waals surface area contributed by atoms with Crippen molar-refractivity contribution in [2.75, 3.05) is 13.2 Å². The lowest BCUT2D eigenvalue weighted by Crippen LogP contribution is -2.42. The van der Waals surface area contributed by atoms with E-state index in [1.807, 2.05) is 48.0 Å². The summed E-state index contributed by atoms with van der Waals surface area (Å²) in [6.07, 6.45) is 6.19. The molecule has 2 amide bonds. The van der Waals surface area contributed by atoms with E-state index in [-0.39, 0.29) is 18.7 Å². The van der Waals surface area contributed by atoms with Gasteiger partial charge in [-0.2, -0.15) is 0 Å². The fourth-order valence-electron chi connectivity index (χ4n) is 3.36. The molecule has 2 aromatic heterocycles. The zero-order valence-electron chi connectivity index (χ0n) is 15.7. The number of imidazole rings is 1. The summed E-state index contributed by atoms with van der Waals surface area (Å²) >= 11 is 0. The quantitative estimate of drug-likeness (QED) is 0.723. The normalized spacial score (nSPS) is 14.9. The number of fused-ring (bicyclic) bond motifs is 2. The van der Waals surface area contributed by atoms with Gasteiger partial charge in [0.05, 0.1) is 31.4 Å². The molecule has 0 fully saturated rings. The van der Waals surface area contributed by atoms with E-state index in [0.29, 0.717) is 31.9 Å². The number of carbonyl (C=O) groups is 1. The number of hydrogen-bond donors (Lipinski definition) is 2. The predicted molar refractivity (Wildman–Crippen MR) is 103 cm³/mol. The Morgan fingerprint density at radius 1 is 1.43 bits per heavy atom. The molecule has 1 aliphatic rings. The number of rotatable bonds is 4. The minimum absolute atomic E-state index is 0.0424. The Labute approximate surface area is 162 Å². The van der Waals surface area contributed by atoms with Gasteiger partial charge in [-0.25, -0.2) is 14.8 Å². The van der Waals surface area contributed by atoms with Crippen LogP contribution in [0, 0.1) is 0 Å². The van der Waals surface area contributed by atoms with Gasteiger partial charge in [0.25, 0.3) is 0 Å². The van der Waals surface area contributed by atoms with Gasteiger partial charge in [0.1, 0.15) is 12.4 Å². The average Bonchev–Trinajstić information content (AvgIpc) is 3.03. The van der Waals surface area contributed by atoms with Crippen molar-refractivity contribution in [1.82, 2.24) is 24.6 Å². The van der Waals surface area contributed by atoms with Crippen LogP contribution in [-0.2, 0) is 13.2 Å². The molecule has 1 unspecified atom stereocenters. The minimum atomic E-state index is -0.207. The zero-order valence-corrected chi connectivity index (χ0v) is 15.7. The molecule has 8 heteroatoms. The average molecular weight is 381 g/mol. The molecular weight excluding hydrogens is 358 g/mol.